The Balaban J connectivity index is 2.05. The maximum Gasteiger partial charge on any atom is 0.0841 e. The number of hydrogen-bond acceptors (Lipinski definition) is 4. The topological polar surface area (TPSA) is 45.1 Å². The second-order valence-electron chi connectivity index (χ2n) is 4.32. The van der Waals surface area contributed by atoms with Gasteiger partial charge in [-0.05, 0) is 25.2 Å². The summed E-state index contributed by atoms with van der Waals surface area (Å²) in [6.45, 7) is 2.66. The van der Waals surface area contributed by atoms with Gasteiger partial charge in [-0.3, -0.25) is 14.7 Å². The molecule has 2 aromatic rings. The fourth-order valence-corrected chi connectivity index (χ4v) is 2.28. The number of anilines is 2. The monoisotopic (exact) mass is 243 g/mol. The number of nitrogens with zero attached hydrogens (tertiary/aromatic N) is 3. The summed E-state index contributed by atoms with van der Waals surface area (Å²) in [5, 5.41) is 8.89. The van der Waals surface area contributed by atoms with E-state index in [4.69, 9.17) is 0 Å². The van der Waals surface area contributed by atoms with Crippen molar-refractivity contribution < 1.29 is 0 Å². The minimum atomic E-state index is 0.821. The largest absolute Gasteiger partial charge is 0.376 e. The maximum atomic E-state index is 4.19. The summed E-state index contributed by atoms with van der Waals surface area (Å²) in [4.78, 5) is 4.19. The Hall–Kier alpha value is -2.01. The van der Waals surface area contributed by atoms with Gasteiger partial charge in [-0.15, -0.1) is 0 Å². The third kappa shape index (κ3) is 1.82. The first-order valence-corrected chi connectivity index (χ1v) is 6.16. The minimum Gasteiger partial charge on any atom is -0.376 e. The molecule has 3 rings (SSSR count). The van der Waals surface area contributed by atoms with Crippen molar-refractivity contribution in [3.05, 3.63) is 42.5 Å². The Morgan fingerprint density at radius 3 is 3.28 bits per heavy atom. The molecule has 0 bridgehead atoms. The van der Waals surface area contributed by atoms with Gasteiger partial charge in [0.15, 0.2) is 0 Å². The van der Waals surface area contributed by atoms with Crippen LogP contribution in [0.25, 0.3) is 0 Å². The lowest BCUT2D eigenvalue weighted by molar-refractivity contribution is 0.645. The first-order valence-electron chi connectivity index (χ1n) is 6.16. The molecule has 3 heterocycles. The molecule has 5 nitrogen and oxygen atoms in total. The van der Waals surface area contributed by atoms with Crippen molar-refractivity contribution in [2.24, 2.45) is 0 Å². The minimum absolute atomic E-state index is 0.821. The highest BCUT2D eigenvalue weighted by Gasteiger charge is 2.18. The summed E-state index contributed by atoms with van der Waals surface area (Å²) in [6.07, 6.45) is 5.82. The number of pyridine rings is 1. The Morgan fingerprint density at radius 1 is 1.44 bits per heavy atom. The number of fused-ring (bicyclic) bond motifs is 2. The van der Waals surface area contributed by atoms with Crippen molar-refractivity contribution in [3.63, 3.8) is 0 Å². The van der Waals surface area contributed by atoms with E-state index < -0.39 is 0 Å². The molecule has 0 saturated carbocycles. The van der Waals surface area contributed by atoms with Gasteiger partial charge in [0.1, 0.15) is 0 Å². The van der Waals surface area contributed by atoms with Gasteiger partial charge in [-0.25, -0.2) is 0 Å². The van der Waals surface area contributed by atoms with Crippen LogP contribution < -0.4 is 15.6 Å². The number of likely N-dealkylation sites (N-methyl/N-ethyl adjacent to an activating group) is 1. The van der Waals surface area contributed by atoms with E-state index >= 15 is 0 Å². The van der Waals surface area contributed by atoms with E-state index in [-0.39, 0.29) is 0 Å². The molecule has 0 saturated heterocycles. The highest BCUT2D eigenvalue weighted by atomic mass is 15.6. The van der Waals surface area contributed by atoms with Crippen LogP contribution in [0.5, 0.6) is 0 Å². The lowest BCUT2D eigenvalue weighted by Crippen LogP contribution is -2.35. The van der Waals surface area contributed by atoms with Gasteiger partial charge in [0.05, 0.1) is 36.4 Å². The molecule has 5 heteroatoms. The third-order valence-electron chi connectivity index (χ3n) is 3.18. The van der Waals surface area contributed by atoms with Gasteiger partial charge in [0.25, 0.3) is 0 Å². The maximum absolute atomic E-state index is 4.19. The number of aromatic nitrogens is 2. The molecule has 0 unspecified atom stereocenters. The second-order valence-corrected chi connectivity index (χ2v) is 4.32. The molecule has 0 amide bonds. The number of nitrogens with one attached hydrogen (secondary N) is 2. The Bertz CT molecular complexity index is 534. The van der Waals surface area contributed by atoms with E-state index in [2.05, 4.69) is 43.6 Å². The molecule has 1 aliphatic heterocycles. The van der Waals surface area contributed by atoms with Crippen molar-refractivity contribution in [2.75, 3.05) is 30.5 Å². The summed E-state index contributed by atoms with van der Waals surface area (Å²) in [5.41, 5.74) is 3.50. The molecule has 0 aliphatic carbocycles. The predicted molar refractivity (Wildman–Crippen MR) is 72.7 cm³/mol. The van der Waals surface area contributed by atoms with Crippen molar-refractivity contribution in [2.45, 2.75) is 6.54 Å². The lowest BCUT2D eigenvalue weighted by atomic mass is 10.3. The lowest BCUT2D eigenvalue weighted by Gasteiger charge is -2.26. The average Bonchev–Trinajstić information content (AvgIpc) is 2.81. The van der Waals surface area contributed by atoms with Gasteiger partial charge >= 0.3 is 0 Å². The molecule has 2 aromatic heterocycles. The summed E-state index contributed by atoms with van der Waals surface area (Å²) in [6, 6.07) is 6.27. The van der Waals surface area contributed by atoms with Crippen LogP contribution in [0.4, 0.5) is 11.4 Å². The number of rotatable bonds is 3. The third-order valence-corrected chi connectivity index (χ3v) is 3.18. The zero-order valence-corrected chi connectivity index (χ0v) is 10.4. The fourth-order valence-electron chi connectivity index (χ4n) is 2.28. The van der Waals surface area contributed by atoms with E-state index in [0.717, 1.165) is 31.0 Å². The molecular formula is C13H17N5. The van der Waals surface area contributed by atoms with E-state index in [9.17, 15) is 0 Å². The molecular weight excluding hydrogens is 226 g/mol. The van der Waals surface area contributed by atoms with Crippen molar-refractivity contribution in [1.29, 1.82) is 0 Å². The van der Waals surface area contributed by atoms with Gasteiger partial charge < -0.3 is 10.6 Å². The Morgan fingerprint density at radius 2 is 2.39 bits per heavy atom. The molecule has 1 aliphatic rings. The van der Waals surface area contributed by atoms with Gasteiger partial charge in [0, 0.05) is 18.9 Å². The molecule has 0 fully saturated rings. The van der Waals surface area contributed by atoms with Crippen LogP contribution in [0.15, 0.2) is 36.8 Å². The first kappa shape index (κ1) is 11.1. The molecule has 18 heavy (non-hydrogen) atoms. The van der Waals surface area contributed by atoms with Crippen molar-refractivity contribution in [1.82, 2.24) is 15.0 Å². The van der Waals surface area contributed by atoms with Gasteiger partial charge in [-0.2, -0.15) is 0 Å². The van der Waals surface area contributed by atoms with Crippen LogP contribution >= 0.6 is 0 Å². The van der Waals surface area contributed by atoms with E-state index in [1.165, 1.54) is 5.69 Å². The predicted octanol–water partition coefficient (Wildman–Crippen LogP) is 1.30. The Labute approximate surface area is 106 Å². The van der Waals surface area contributed by atoms with E-state index in [1.54, 1.807) is 0 Å². The summed E-state index contributed by atoms with van der Waals surface area (Å²) >= 11 is 0. The molecule has 2 N–H and O–H groups in total. The zero-order valence-electron chi connectivity index (χ0n) is 10.4. The quantitative estimate of drug-likeness (QED) is 0.853. The van der Waals surface area contributed by atoms with Crippen LogP contribution in [-0.4, -0.2) is 29.8 Å². The Kier molecular flexibility index (Phi) is 2.90. The SMILES string of the molecule is CNCCN1c2ccncc2NCc2cccn21. The van der Waals surface area contributed by atoms with Crippen molar-refractivity contribution in [3.8, 4) is 0 Å². The fraction of sp³-hybridized carbons (Fsp3) is 0.308. The molecule has 0 radical (unpaired) electrons. The first-order chi connectivity index (χ1) is 8.90. The van der Waals surface area contributed by atoms with Crippen LogP contribution in [-0.2, 0) is 6.54 Å². The molecule has 0 aromatic carbocycles. The summed E-state index contributed by atoms with van der Waals surface area (Å²) in [7, 11) is 1.97. The van der Waals surface area contributed by atoms with Crippen LogP contribution in [0.2, 0.25) is 0 Å². The molecule has 0 atom stereocenters. The smallest absolute Gasteiger partial charge is 0.0841 e. The van der Waals surface area contributed by atoms with Crippen molar-refractivity contribution >= 4 is 11.4 Å². The van der Waals surface area contributed by atoms with Gasteiger partial charge in [0.2, 0.25) is 0 Å². The summed E-state index contributed by atoms with van der Waals surface area (Å²) in [5.74, 6) is 0. The second kappa shape index (κ2) is 4.70. The van der Waals surface area contributed by atoms with Crippen LogP contribution in [0, 0.1) is 0 Å². The van der Waals surface area contributed by atoms with E-state index in [0.29, 0.717) is 0 Å². The van der Waals surface area contributed by atoms with Gasteiger partial charge in [-0.1, -0.05) is 0 Å². The molecule has 94 valence electrons. The highest BCUT2D eigenvalue weighted by Crippen LogP contribution is 2.29. The summed E-state index contributed by atoms with van der Waals surface area (Å²) < 4.78 is 2.20. The highest BCUT2D eigenvalue weighted by molar-refractivity contribution is 5.69. The average molecular weight is 243 g/mol. The number of hydrogen-bond donors (Lipinski definition) is 2. The molecule has 0 spiro atoms. The van der Waals surface area contributed by atoms with Crippen LogP contribution in [0.3, 0.4) is 0 Å². The zero-order chi connectivity index (χ0) is 12.4. The van der Waals surface area contributed by atoms with Crippen LogP contribution in [0.1, 0.15) is 5.69 Å². The standard InChI is InChI=1S/C13H17N5/c1-14-6-8-18-13-4-5-15-10-12(13)16-9-11-3-2-7-17(11)18/h2-5,7,10,14,16H,6,8-9H2,1H3. The normalized spacial score (nSPS) is 13.5. The van der Waals surface area contributed by atoms with E-state index in [1.807, 2.05) is 25.5 Å².